The first-order chi connectivity index (χ1) is 12.4. The van der Waals surface area contributed by atoms with E-state index in [2.05, 4.69) is 55.0 Å². The molecule has 0 aliphatic heterocycles. The Bertz CT molecular complexity index is 523. The van der Waals surface area contributed by atoms with Crippen LogP contribution in [0.15, 0.2) is 0 Å². The van der Waals surface area contributed by atoms with Crippen LogP contribution >= 0.6 is 0 Å². The van der Waals surface area contributed by atoms with Crippen LogP contribution in [-0.4, -0.2) is 37.1 Å². The van der Waals surface area contributed by atoms with Gasteiger partial charge in [-0.2, -0.15) is 0 Å². The van der Waals surface area contributed by atoms with Gasteiger partial charge in [0, 0.05) is 19.8 Å². The predicted octanol–water partition coefficient (Wildman–Crippen LogP) is 5.88. The molecule has 0 saturated heterocycles. The first-order valence-corrected chi connectivity index (χ1v) is 15.3. The minimum absolute atomic E-state index is 0.0782. The maximum Gasteiger partial charge on any atom is 0.337 e. The van der Waals surface area contributed by atoms with Crippen LogP contribution in [0.2, 0.25) is 28.7 Å². The normalized spacial score (nSPS) is 31.4. The van der Waals surface area contributed by atoms with Gasteiger partial charge in [0.1, 0.15) is 0 Å². The van der Waals surface area contributed by atoms with E-state index in [9.17, 15) is 4.79 Å². The van der Waals surface area contributed by atoms with Crippen LogP contribution in [0.25, 0.3) is 0 Å². The molecular formula is C21H42O4Si2. The maximum atomic E-state index is 13.5. The van der Waals surface area contributed by atoms with E-state index < -0.39 is 16.9 Å². The zero-order valence-corrected chi connectivity index (χ0v) is 21.2. The summed E-state index contributed by atoms with van der Waals surface area (Å²) in [6.45, 7) is 17.8. The highest BCUT2D eigenvalue weighted by atomic mass is 28.4. The first kappa shape index (κ1) is 23.1. The zero-order chi connectivity index (χ0) is 20.8. The molecule has 0 radical (unpaired) electrons. The minimum atomic E-state index is -2.19. The summed E-state index contributed by atoms with van der Waals surface area (Å²) in [7, 11) is -0.788. The van der Waals surface area contributed by atoms with Crippen LogP contribution in [0.3, 0.4) is 0 Å². The summed E-state index contributed by atoms with van der Waals surface area (Å²) in [4.78, 5) is 13.5. The maximum absolute atomic E-state index is 13.5. The minimum Gasteiger partial charge on any atom is -0.518 e. The molecule has 4 atom stereocenters. The molecular weight excluding hydrogens is 372 g/mol. The number of hydrogen-bond acceptors (Lipinski definition) is 4. The van der Waals surface area contributed by atoms with Gasteiger partial charge >= 0.3 is 8.56 Å². The van der Waals surface area contributed by atoms with E-state index in [1.807, 2.05) is 0 Å². The van der Waals surface area contributed by atoms with Crippen LogP contribution in [0.5, 0.6) is 0 Å². The fraction of sp³-hybridized carbons (Fsp3) is 0.952. The van der Waals surface area contributed by atoms with Crippen LogP contribution < -0.4 is 0 Å². The average molecular weight is 415 g/mol. The van der Waals surface area contributed by atoms with Gasteiger partial charge in [-0.15, -0.1) is 0 Å². The molecule has 0 aromatic heterocycles. The van der Waals surface area contributed by atoms with Gasteiger partial charge in [-0.25, -0.2) is 0 Å². The fourth-order valence-corrected chi connectivity index (χ4v) is 14.3. The lowest BCUT2D eigenvalue weighted by molar-refractivity contribution is -0.149. The predicted molar refractivity (Wildman–Crippen MR) is 115 cm³/mol. The molecule has 4 unspecified atom stereocenters. The van der Waals surface area contributed by atoms with Crippen molar-refractivity contribution in [2.45, 2.75) is 96.4 Å². The molecule has 2 saturated carbocycles. The van der Waals surface area contributed by atoms with Gasteiger partial charge in [0.2, 0.25) is 0 Å². The van der Waals surface area contributed by atoms with Crippen molar-refractivity contribution in [3.8, 4) is 0 Å². The van der Waals surface area contributed by atoms with Crippen molar-refractivity contribution in [1.82, 2.24) is 0 Å². The molecule has 0 aromatic rings. The Hall–Kier alpha value is -0.176. The summed E-state index contributed by atoms with van der Waals surface area (Å²) in [6.07, 6.45) is 3.08. The second-order valence-electron chi connectivity index (χ2n) is 10.3. The molecule has 2 bridgehead atoms. The molecule has 6 heteroatoms. The molecule has 0 aromatic carbocycles. The second-order valence-corrected chi connectivity index (χ2v) is 19.3. The molecule has 2 fully saturated rings. The fourth-order valence-electron chi connectivity index (χ4n) is 6.49. The Labute approximate surface area is 169 Å². The monoisotopic (exact) mass is 414 g/mol. The van der Waals surface area contributed by atoms with E-state index in [0.717, 1.165) is 19.3 Å². The van der Waals surface area contributed by atoms with E-state index in [-0.39, 0.29) is 11.4 Å². The molecule has 0 heterocycles. The molecule has 158 valence electrons. The zero-order valence-electron chi connectivity index (χ0n) is 19.2. The third-order valence-corrected chi connectivity index (χ3v) is 17.8. The summed E-state index contributed by atoms with van der Waals surface area (Å²) in [5.74, 6) is 1.00. The van der Waals surface area contributed by atoms with E-state index >= 15 is 0 Å². The summed E-state index contributed by atoms with van der Waals surface area (Å²) in [5, 5.41) is 0. The Balaban J connectivity index is 2.22. The van der Waals surface area contributed by atoms with E-state index in [1.54, 1.807) is 14.2 Å². The summed E-state index contributed by atoms with van der Waals surface area (Å²) in [5.41, 5.74) is 1.42. The quantitative estimate of drug-likeness (QED) is 0.465. The summed E-state index contributed by atoms with van der Waals surface area (Å²) < 4.78 is 18.3. The molecule has 0 N–H and O–H groups in total. The van der Waals surface area contributed by atoms with Gasteiger partial charge in [0.25, 0.3) is 14.3 Å². The molecule has 2 rings (SSSR count). The molecule has 2 aliphatic carbocycles. The van der Waals surface area contributed by atoms with Gasteiger partial charge < -0.3 is 13.3 Å². The van der Waals surface area contributed by atoms with E-state index in [1.165, 1.54) is 0 Å². The van der Waals surface area contributed by atoms with Crippen LogP contribution in [0, 0.1) is 17.3 Å². The van der Waals surface area contributed by atoms with Gasteiger partial charge in [-0.1, -0.05) is 41.5 Å². The van der Waals surface area contributed by atoms with Crippen molar-refractivity contribution < 1.29 is 18.1 Å². The standard InChI is InChI=1S/C21H42O4Si2/c1-14(2)27(15(3)4,16(5)6)25-20(22)21(7)13-17-11-18(21)12-19(17)26(10,23-8)24-9/h14-19H,11-13H2,1-10H3. The van der Waals surface area contributed by atoms with Crippen molar-refractivity contribution in [3.05, 3.63) is 0 Å². The largest absolute Gasteiger partial charge is 0.518 e. The van der Waals surface area contributed by atoms with Gasteiger partial charge in [0.05, 0.1) is 5.41 Å². The van der Waals surface area contributed by atoms with Crippen molar-refractivity contribution in [2.75, 3.05) is 14.2 Å². The Morgan fingerprint density at radius 2 is 1.44 bits per heavy atom. The number of rotatable bonds is 8. The Morgan fingerprint density at radius 3 is 1.78 bits per heavy atom. The van der Waals surface area contributed by atoms with Crippen molar-refractivity contribution >= 4 is 22.8 Å². The van der Waals surface area contributed by atoms with E-state index in [0.29, 0.717) is 34.0 Å². The van der Waals surface area contributed by atoms with Gasteiger partial charge in [-0.05, 0) is 61.2 Å². The molecule has 0 amide bonds. The number of fused-ring (bicyclic) bond motifs is 2. The molecule has 27 heavy (non-hydrogen) atoms. The summed E-state index contributed by atoms with van der Waals surface area (Å²) >= 11 is 0. The van der Waals surface area contributed by atoms with Crippen molar-refractivity contribution in [3.63, 3.8) is 0 Å². The summed E-state index contributed by atoms with van der Waals surface area (Å²) in [6, 6.07) is 0. The molecule has 4 nitrogen and oxygen atoms in total. The Morgan fingerprint density at radius 1 is 0.963 bits per heavy atom. The second kappa shape index (κ2) is 7.92. The lowest BCUT2D eigenvalue weighted by Gasteiger charge is -2.45. The van der Waals surface area contributed by atoms with Crippen molar-refractivity contribution in [1.29, 1.82) is 0 Å². The van der Waals surface area contributed by atoms with Gasteiger partial charge in [0.15, 0.2) is 0 Å². The molecule has 2 aliphatic rings. The SMILES string of the molecule is CO[Si](C)(OC)C1CC2CC1CC2(C)C(=O)O[Si](C(C)C)(C(C)C)C(C)C. The number of hydrogen-bond donors (Lipinski definition) is 0. The highest BCUT2D eigenvalue weighted by molar-refractivity contribution is 6.79. The van der Waals surface area contributed by atoms with Crippen LogP contribution in [0.1, 0.15) is 67.7 Å². The molecule has 0 spiro atoms. The lowest BCUT2D eigenvalue weighted by Crippen LogP contribution is -2.53. The highest BCUT2D eigenvalue weighted by Crippen LogP contribution is 2.64. The van der Waals surface area contributed by atoms with Crippen molar-refractivity contribution in [2.24, 2.45) is 17.3 Å². The smallest absolute Gasteiger partial charge is 0.337 e. The van der Waals surface area contributed by atoms with Gasteiger partial charge in [-0.3, -0.25) is 4.79 Å². The third-order valence-electron chi connectivity index (χ3n) is 8.21. The number of carbonyl (C=O) groups excluding carboxylic acids is 1. The van der Waals surface area contributed by atoms with Crippen LogP contribution in [-0.2, 0) is 18.1 Å². The van der Waals surface area contributed by atoms with E-state index in [4.69, 9.17) is 13.3 Å². The Kier molecular flexibility index (Phi) is 6.78. The third kappa shape index (κ3) is 3.60. The first-order valence-electron chi connectivity index (χ1n) is 10.7. The number of carbonyl (C=O) groups is 1. The van der Waals surface area contributed by atoms with Crippen LogP contribution in [0.4, 0.5) is 0 Å². The topological polar surface area (TPSA) is 44.8 Å². The lowest BCUT2D eigenvalue weighted by atomic mass is 9.75. The average Bonchev–Trinajstić information content (AvgIpc) is 3.16. The highest BCUT2D eigenvalue weighted by Gasteiger charge is 2.63.